The normalized spacial score (nSPS) is 12.2. The van der Waals surface area contributed by atoms with Crippen LogP contribution in [0.15, 0.2) is 4.99 Å². The Labute approximate surface area is 162 Å². The highest BCUT2D eigenvalue weighted by molar-refractivity contribution is 6.60. The molecule has 0 heterocycles. The Morgan fingerprint density at radius 1 is 0.846 bits per heavy atom. The number of carbonyl (C=O) groups excluding carboxylic acids is 1. The Morgan fingerprint density at radius 3 is 1.85 bits per heavy atom. The molecule has 0 bridgehead atoms. The molecule has 5 nitrogen and oxygen atoms in total. The summed E-state index contributed by atoms with van der Waals surface area (Å²) in [5.41, 5.74) is -0.192. The van der Waals surface area contributed by atoms with Gasteiger partial charge in [-0.15, -0.1) is 0 Å². The van der Waals surface area contributed by atoms with Gasteiger partial charge in [0.05, 0.1) is 12.1 Å². The molecule has 0 radical (unpaired) electrons. The molecule has 154 valence electrons. The zero-order chi connectivity index (χ0) is 19.7. The second-order valence-corrected chi connectivity index (χ2v) is 10.0. The van der Waals surface area contributed by atoms with Crippen molar-refractivity contribution in [1.29, 1.82) is 0 Å². The van der Waals surface area contributed by atoms with Crippen molar-refractivity contribution < 1.29 is 18.1 Å². The van der Waals surface area contributed by atoms with E-state index in [1.165, 1.54) is 0 Å². The SMILES string of the molecule is CCCCC(CCCC)(CCCCN=C=O)O[Si](CCCC)(OC)OC. The number of nitrogens with zero attached hydrogens (tertiary/aromatic N) is 1. The summed E-state index contributed by atoms with van der Waals surface area (Å²) in [6, 6.07) is 0.867. The third kappa shape index (κ3) is 9.98. The average Bonchev–Trinajstić information content (AvgIpc) is 2.67. The highest BCUT2D eigenvalue weighted by Crippen LogP contribution is 2.36. The van der Waals surface area contributed by atoms with Gasteiger partial charge in [0.1, 0.15) is 0 Å². The summed E-state index contributed by atoms with van der Waals surface area (Å²) in [6.45, 7) is 7.17. The van der Waals surface area contributed by atoms with Crippen molar-refractivity contribution in [3.63, 3.8) is 0 Å². The number of hydrogen-bond donors (Lipinski definition) is 0. The Kier molecular flexibility index (Phi) is 15.2. The van der Waals surface area contributed by atoms with Gasteiger partial charge >= 0.3 is 8.80 Å². The summed E-state index contributed by atoms with van der Waals surface area (Å²) in [5, 5.41) is 0. The van der Waals surface area contributed by atoms with Crippen molar-refractivity contribution >= 4 is 14.9 Å². The molecular formula is C20H41NO4Si. The van der Waals surface area contributed by atoms with Crippen molar-refractivity contribution in [2.24, 2.45) is 4.99 Å². The van der Waals surface area contributed by atoms with Crippen LogP contribution in [0.25, 0.3) is 0 Å². The Bertz CT molecular complexity index is 374. The fourth-order valence-corrected chi connectivity index (χ4v) is 5.95. The zero-order valence-electron chi connectivity index (χ0n) is 17.8. The van der Waals surface area contributed by atoms with E-state index in [4.69, 9.17) is 13.3 Å². The fraction of sp³-hybridized carbons (Fsp3) is 0.950. The molecule has 0 N–H and O–H groups in total. The van der Waals surface area contributed by atoms with E-state index in [0.29, 0.717) is 6.54 Å². The van der Waals surface area contributed by atoms with Crippen molar-refractivity contribution in [2.75, 3.05) is 20.8 Å². The first-order valence-corrected chi connectivity index (χ1v) is 12.3. The van der Waals surface area contributed by atoms with Crippen LogP contribution in [0.5, 0.6) is 0 Å². The standard InChI is InChI=1S/C20H41NO4Si/c1-6-9-14-20(15-10-7-2,16-12-13-17-21-19-22)25-26(23-4,24-5)18-11-8-3/h6-18H2,1-5H3. The van der Waals surface area contributed by atoms with Crippen LogP contribution in [0, 0.1) is 0 Å². The number of rotatable bonds is 18. The molecular weight excluding hydrogens is 346 g/mol. The number of hydrogen-bond acceptors (Lipinski definition) is 5. The summed E-state index contributed by atoms with van der Waals surface area (Å²) in [6.07, 6.45) is 13.3. The first-order valence-electron chi connectivity index (χ1n) is 10.4. The van der Waals surface area contributed by atoms with Crippen LogP contribution in [0.4, 0.5) is 0 Å². The molecule has 6 heteroatoms. The lowest BCUT2D eigenvalue weighted by Gasteiger charge is -2.41. The summed E-state index contributed by atoms with van der Waals surface area (Å²) < 4.78 is 18.6. The Hall–Kier alpha value is -0.523. The van der Waals surface area contributed by atoms with Crippen LogP contribution in [0.2, 0.25) is 6.04 Å². The van der Waals surface area contributed by atoms with E-state index in [2.05, 4.69) is 25.8 Å². The van der Waals surface area contributed by atoms with Gasteiger partial charge in [-0.25, -0.2) is 9.79 Å². The molecule has 0 saturated carbocycles. The molecule has 0 aromatic heterocycles. The lowest BCUT2D eigenvalue weighted by Crippen LogP contribution is -2.52. The van der Waals surface area contributed by atoms with Crippen LogP contribution >= 0.6 is 0 Å². The van der Waals surface area contributed by atoms with Crippen LogP contribution in [-0.4, -0.2) is 41.2 Å². The van der Waals surface area contributed by atoms with Gasteiger partial charge in [0.25, 0.3) is 0 Å². The first kappa shape index (κ1) is 25.5. The number of isocyanates is 1. The van der Waals surface area contributed by atoms with Crippen LogP contribution in [0.3, 0.4) is 0 Å². The quantitative estimate of drug-likeness (QED) is 0.132. The molecule has 26 heavy (non-hydrogen) atoms. The highest BCUT2D eigenvalue weighted by Gasteiger charge is 2.46. The molecule has 0 rings (SSSR count). The number of unbranched alkanes of at least 4 members (excludes halogenated alkanes) is 4. The molecule has 0 aromatic carbocycles. The second-order valence-electron chi connectivity index (χ2n) is 7.12. The second kappa shape index (κ2) is 15.5. The molecule has 0 amide bonds. The first-order chi connectivity index (χ1) is 12.6. The van der Waals surface area contributed by atoms with Crippen LogP contribution in [0.1, 0.15) is 91.4 Å². The minimum Gasteiger partial charge on any atom is -0.377 e. The van der Waals surface area contributed by atoms with Crippen molar-refractivity contribution in [2.45, 2.75) is 103 Å². The van der Waals surface area contributed by atoms with Gasteiger partial charge in [0.15, 0.2) is 0 Å². The molecule has 0 fully saturated rings. The number of aliphatic imine (C=N–C) groups is 1. The molecule has 0 spiro atoms. The van der Waals surface area contributed by atoms with Gasteiger partial charge < -0.3 is 13.3 Å². The topological polar surface area (TPSA) is 57.1 Å². The smallest absolute Gasteiger partial charge is 0.377 e. The monoisotopic (exact) mass is 387 g/mol. The zero-order valence-corrected chi connectivity index (χ0v) is 18.8. The van der Waals surface area contributed by atoms with Crippen LogP contribution in [-0.2, 0) is 18.1 Å². The van der Waals surface area contributed by atoms with Gasteiger partial charge in [-0.2, -0.15) is 0 Å². The summed E-state index contributed by atoms with van der Waals surface area (Å²) in [7, 11) is 0.800. The maximum absolute atomic E-state index is 10.3. The summed E-state index contributed by atoms with van der Waals surface area (Å²) in [5.74, 6) is 0. The average molecular weight is 388 g/mol. The van der Waals surface area contributed by atoms with E-state index in [1.54, 1.807) is 20.3 Å². The predicted molar refractivity (Wildman–Crippen MR) is 109 cm³/mol. The van der Waals surface area contributed by atoms with Gasteiger partial charge in [-0.3, -0.25) is 0 Å². The van der Waals surface area contributed by atoms with E-state index in [9.17, 15) is 4.79 Å². The third-order valence-corrected chi connectivity index (χ3v) is 7.97. The maximum atomic E-state index is 10.3. The minimum absolute atomic E-state index is 0.192. The molecule has 0 aliphatic heterocycles. The van der Waals surface area contributed by atoms with Crippen LogP contribution < -0.4 is 0 Å². The highest BCUT2D eigenvalue weighted by atomic mass is 28.4. The van der Waals surface area contributed by atoms with Gasteiger partial charge in [-0.1, -0.05) is 52.9 Å². The van der Waals surface area contributed by atoms with Gasteiger partial charge in [0, 0.05) is 20.3 Å². The molecule has 0 saturated heterocycles. The van der Waals surface area contributed by atoms with Crippen molar-refractivity contribution in [3.05, 3.63) is 0 Å². The van der Waals surface area contributed by atoms with E-state index in [0.717, 1.165) is 76.7 Å². The minimum atomic E-state index is -2.66. The Balaban J connectivity index is 5.32. The van der Waals surface area contributed by atoms with Gasteiger partial charge in [0.2, 0.25) is 6.08 Å². The van der Waals surface area contributed by atoms with E-state index in [-0.39, 0.29) is 5.60 Å². The van der Waals surface area contributed by atoms with E-state index < -0.39 is 8.80 Å². The molecule has 0 aliphatic carbocycles. The molecule has 0 atom stereocenters. The lowest BCUT2D eigenvalue weighted by molar-refractivity contribution is -0.0383. The van der Waals surface area contributed by atoms with E-state index in [1.807, 2.05) is 0 Å². The lowest BCUT2D eigenvalue weighted by atomic mass is 9.86. The van der Waals surface area contributed by atoms with Crippen molar-refractivity contribution in [3.8, 4) is 0 Å². The summed E-state index contributed by atoms with van der Waals surface area (Å²) >= 11 is 0. The molecule has 0 aliphatic rings. The third-order valence-electron chi connectivity index (χ3n) is 5.02. The fourth-order valence-electron chi connectivity index (χ4n) is 3.35. The Morgan fingerprint density at radius 2 is 1.38 bits per heavy atom. The molecule has 0 aromatic rings. The van der Waals surface area contributed by atoms with E-state index >= 15 is 0 Å². The predicted octanol–water partition coefficient (Wildman–Crippen LogP) is 5.66. The van der Waals surface area contributed by atoms with Gasteiger partial charge in [-0.05, 0) is 38.5 Å². The maximum Gasteiger partial charge on any atom is 0.500 e. The van der Waals surface area contributed by atoms with Crippen molar-refractivity contribution in [1.82, 2.24) is 0 Å². The molecule has 0 unspecified atom stereocenters. The largest absolute Gasteiger partial charge is 0.500 e. The summed E-state index contributed by atoms with van der Waals surface area (Å²) in [4.78, 5) is 13.9.